The lowest BCUT2D eigenvalue weighted by molar-refractivity contribution is -0.119. The van der Waals surface area contributed by atoms with Gasteiger partial charge in [0.25, 0.3) is 5.91 Å². The highest BCUT2D eigenvalue weighted by Gasteiger charge is 2.38. The van der Waals surface area contributed by atoms with Crippen molar-refractivity contribution < 1.29 is 14.0 Å². The summed E-state index contributed by atoms with van der Waals surface area (Å²) in [5, 5.41) is 0. The van der Waals surface area contributed by atoms with Crippen molar-refractivity contribution in [3.05, 3.63) is 52.4 Å². The van der Waals surface area contributed by atoms with Crippen LogP contribution in [-0.4, -0.2) is 17.9 Å². The summed E-state index contributed by atoms with van der Waals surface area (Å²) >= 11 is 3.16. The number of primary amides is 1. The van der Waals surface area contributed by atoms with Crippen LogP contribution in [-0.2, 0) is 11.2 Å². The van der Waals surface area contributed by atoms with E-state index in [0.29, 0.717) is 16.8 Å². The summed E-state index contributed by atoms with van der Waals surface area (Å²) in [5.74, 6) is -0.732. The molecule has 2 heterocycles. The molecule has 0 bridgehead atoms. The van der Waals surface area contributed by atoms with E-state index in [1.54, 1.807) is 18.2 Å². The molecular weight excluding hydrogens is 324 g/mol. The number of carbonyl (C=O) groups is 2. The molecule has 2 amide bonds. The number of furan rings is 1. The number of amides is 2. The predicted molar refractivity (Wildman–Crippen MR) is 76.3 cm³/mol. The van der Waals surface area contributed by atoms with Crippen molar-refractivity contribution in [1.29, 1.82) is 0 Å². The molecule has 3 rings (SSSR count). The molecule has 0 saturated heterocycles. The second-order valence-corrected chi connectivity index (χ2v) is 5.31. The van der Waals surface area contributed by atoms with Gasteiger partial charge in [0.15, 0.2) is 10.4 Å². The number of hydrogen-bond acceptors (Lipinski definition) is 3. The molecule has 1 aliphatic rings. The Hall–Kier alpha value is -2.08. The van der Waals surface area contributed by atoms with Gasteiger partial charge in [-0.2, -0.15) is 0 Å². The van der Waals surface area contributed by atoms with E-state index < -0.39 is 11.9 Å². The Morgan fingerprint density at radius 2 is 2.00 bits per heavy atom. The van der Waals surface area contributed by atoms with Crippen LogP contribution in [0.15, 0.2) is 45.5 Å². The summed E-state index contributed by atoms with van der Waals surface area (Å²) in [6, 6.07) is 9.89. The lowest BCUT2D eigenvalue weighted by Crippen LogP contribution is -2.46. The average molecular weight is 335 g/mol. The van der Waals surface area contributed by atoms with Crippen molar-refractivity contribution in [2.75, 3.05) is 4.90 Å². The molecule has 2 N–H and O–H groups in total. The largest absolute Gasteiger partial charge is 0.444 e. The topological polar surface area (TPSA) is 76.5 Å². The predicted octanol–water partition coefficient (Wildman–Crippen LogP) is 2.10. The second-order valence-electron chi connectivity index (χ2n) is 4.53. The van der Waals surface area contributed by atoms with E-state index in [0.717, 1.165) is 5.56 Å². The molecular formula is C14H11BrN2O3. The second kappa shape index (κ2) is 4.79. The summed E-state index contributed by atoms with van der Waals surface area (Å²) in [5.41, 5.74) is 7.04. The van der Waals surface area contributed by atoms with Gasteiger partial charge in [-0.3, -0.25) is 14.5 Å². The molecule has 0 aliphatic carbocycles. The normalized spacial score (nSPS) is 17.1. The third-order valence-electron chi connectivity index (χ3n) is 3.31. The van der Waals surface area contributed by atoms with Gasteiger partial charge in [-0.1, -0.05) is 18.2 Å². The monoisotopic (exact) mass is 334 g/mol. The highest BCUT2D eigenvalue weighted by molar-refractivity contribution is 9.10. The molecule has 102 valence electrons. The highest BCUT2D eigenvalue weighted by atomic mass is 79.9. The minimum Gasteiger partial charge on any atom is -0.444 e. The summed E-state index contributed by atoms with van der Waals surface area (Å²) in [7, 11) is 0. The van der Waals surface area contributed by atoms with Gasteiger partial charge in [-0.15, -0.1) is 0 Å². The number of benzene rings is 1. The van der Waals surface area contributed by atoms with Crippen molar-refractivity contribution in [2.24, 2.45) is 5.73 Å². The Morgan fingerprint density at radius 1 is 1.25 bits per heavy atom. The van der Waals surface area contributed by atoms with Gasteiger partial charge in [0, 0.05) is 12.1 Å². The lowest BCUT2D eigenvalue weighted by atomic mass is 10.1. The third kappa shape index (κ3) is 2.02. The molecule has 1 aromatic heterocycles. The standard InChI is InChI=1S/C14H11BrN2O3/c15-12-6-5-11(20-12)14(19)17-9-4-2-1-3-8(9)7-10(17)13(16)18/h1-6,10H,7H2,(H2,16,18). The van der Waals surface area contributed by atoms with Crippen LogP contribution in [0.25, 0.3) is 0 Å². The van der Waals surface area contributed by atoms with Crippen molar-refractivity contribution >= 4 is 33.4 Å². The Bertz CT molecular complexity index is 695. The molecule has 0 saturated carbocycles. The first-order chi connectivity index (χ1) is 9.58. The van der Waals surface area contributed by atoms with Crippen LogP contribution in [0.4, 0.5) is 5.69 Å². The fourth-order valence-corrected chi connectivity index (χ4v) is 2.72. The number of nitrogens with zero attached hydrogens (tertiary/aromatic N) is 1. The first-order valence-corrected chi connectivity index (χ1v) is 6.83. The Morgan fingerprint density at radius 3 is 2.65 bits per heavy atom. The van der Waals surface area contributed by atoms with E-state index >= 15 is 0 Å². The highest BCUT2D eigenvalue weighted by Crippen LogP contribution is 2.33. The summed E-state index contributed by atoms with van der Waals surface area (Å²) < 4.78 is 5.74. The molecule has 1 aromatic carbocycles. The molecule has 1 atom stereocenters. The van der Waals surface area contributed by atoms with Crippen LogP contribution in [0.5, 0.6) is 0 Å². The molecule has 0 spiro atoms. The minimum absolute atomic E-state index is 0.167. The van der Waals surface area contributed by atoms with Gasteiger partial charge < -0.3 is 10.2 Å². The van der Waals surface area contributed by atoms with Gasteiger partial charge in [-0.05, 0) is 39.7 Å². The van der Waals surface area contributed by atoms with Crippen LogP contribution in [0.2, 0.25) is 0 Å². The van der Waals surface area contributed by atoms with Gasteiger partial charge >= 0.3 is 0 Å². The van der Waals surface area contributed by atoms with E-state index in [4.69, 9.17) is 10.2 Å². The Balaban J connectivity index is 2.04. The number of hydrogen-bond donors (Lipinski definition) is 1. The zero-order chi connectivity index (χ0) is 14.3. The maximum absolute atomic E-state index is 12.5. The van der Waals surface area contributed by atoms with Gasteiger partial charge in [0.1, 0.15) is 6.04 Å². The zero-order valence-electron chi connectivity index (χ0n) is 10.4. The first kappa shape index (κ1) is 12.9. The van der Waals surface area contributed by atoms with Crippen molar-refractivity contribution in [3.63, 3.8) is 0 Å². The van der Waals surface area contributed by atoms with Crippen molar-refractivity contribution in [2.45, 2.75) is 12.5 Å². The number of halogens is 1. The van der Waals surface area contributed by atoms with E-state index in [1.807, 2.05) is 18.2 Å². The maximum atomic E-state index is 12.5. The number of anilines is 1. The van der Waals surface area contributed by atoms with E-state index in [1.165, 1.54) is 4.90 Å². The fourth-order valence-electron chi connectivity index (χ4n) is 2.41. The van der Waals surface area contributed by atoms with Crippen LogP contribution in [0, 0.1) is 0 Å². The van der Waals surface area contributed by atoms with Gasteiger partial charge in [-0.25, -0.2) is 0 Å². The molecule has 20 heavy (non-hydrogen) atoms. The summed E-state index contributed by atoms with van der Waals surface area (Å²) in [6.45, 7) is 0. The van der Waals surface area contributed by atoms with Crippen LogP contribution in [0.1, 0.15) is 16.1 Å². The maximum Gasteiger partial charge on any atom is 0.294 e. The number of nitrogens with two attached hydrogens (primary N) is 1. The molecule has 1 aliphatic heterocycles. The summed E-state index contributed by atoms with van der Waals surface area (Å²) in [4.78, 5) is 25.6. The van der Waals surface area contributed by atoms with Crippen LogP contribution in [0.3, 0.4) is 0 Å². The van der Waals surface area contributed by atoms with Gasteiger partial charge in [0.05, 0.1) is 0 Å². The Kier molecular flexibility index (Phi) is 3.10. The summed E-state index contributed by atoms with van der Waals surface area (Å²) in [6.07, 6.45) is 0.430. The van der Waals surface area contributed by atoms with E-state index in [2.05, 4.69) is 15.9 Å². The average Bonchev–Trinajstić information content (AvgIpc) is 3.01. The number of rotatable bonds is 2. The molecule has 0 radical (unpaired) electrons. The third-order valence-corrected chi connectivity index (χ3v) is 3.73. The molecule has 2 aromatic rings. The smallest absolute Gasteiger partial charge is 0.294 e. The van der Waals surface area contributed by atoms with Crippen molar-refractivity contribution in [1.82, 2.24) is 0 Å². The Labute approximate surface area is 123 Å². The molecule has 1 unspecified atom stereocenters. The zero-order valence-corrected chi connectivity index (χ0v) is 12.0. The van der Waals surface area contributed by atoms with Crippen LogP contribution >= 0.6 is 15.9 Å². The fraction of sp³-hybridized carbons (Fsp3) is 0.143. The van der Waals surface area contributed by atoms with Gasteiger partial charge in [0.2, 0.25) is 5.91 Å². The molecule has 6 heteroatoms. The molecule has 0 fully saturated rings. The number of fused-ring (bicyclic) bond motifs is 1. The first-order valence-electron chi connectivity index (χ1n) is 6.04. The molecule has 5 nitrogen and oxygen atoms in total. The van der Waals surface area contributed by atoms with Crippen molar-refractivity contribution in [3.8, 4) is 0 Å². The van der Waals surface area contributed by atoms with E-state index in [-0.39, 0.29) is 11.7 Å². The minimum atomic E-state index is -0.677. The van der Waals surface area contributed by atoms with Crippen LogP contribution < -0.4 is 10.6 Å². The number of para-hydroxylation sites is 1. The quantitative estimate of drug-likeness (QED) is 0.913. The van der Waals surface area contributed by atoms with E-state index in [9.17, 15) is 9.59 Å². The number of carbonyl (C=O) groups excluding carboxylic acids is 2. The SMILES string of the molecule is NC(=O)C1Cc2ccccc2N1C(=O)c1ccc(Br)o1. The lowest BCUT2D eigenvalue weighted by Gasteiger charge is -2.22.